The number of rotatable bonds is 10. The second-order valence-corrected chi connectivity index (χ2v) is 7.91. The molecule has 0 amide bonds. The lowest BCUT2D eigenvalue weighted by molar-refractivity contribution is -0.163. The number of aromatic amines is 1. The number of carbonyl (C=O) groups is 2. The molecule has 1 atom stereocenters. The third kappa shape index (κ3) is 5.52. The predicted molar refractivity (Wildman–Crippen MR) is 118 cm³/mol. The third-order valence-corrected chi connectivity index (χ3v) is 5.60. The van der Waals surface area contributed by atoms with E-state index >= 15 is 0 Å². The number of nitrogens with one attached hydrogen (secondary N) is 1. The van der Waals surface area contributed by atoms with Crippen molar-refractivity contribution in [1.82, 2.24) is 9.97 Å². The third-order valence-electron chi connectivity index (χ3n) is 5.23. The molecular formula is C24H25ClN2O4. The number of carboxylic acid groups (broad SMARTS) is 1. The van der Waals surface area contributed by atoms with Crippen LogP contribution < -0.4 is 4.74 Å². The molecule has 1 heterocycles. The quantitative estimate of drug-likeness (QED) is 0.339. The molecule has 6 nitrogen and oxygen atoms in total. The molecule has 0 fully saturated rings. The molecule has 0 radical (unpaired) electrons. The number of benzene rings is 2. The molecule has 2 aromatic carbocycles. The van der Waals surface area contributed by atoms with Gasteiger partial charge in [-0.05, 0) is 30.0 Å². The van der Waals surface area contributed by atoms with E-state index in [0.29, 0.717) is 23.7 Å². The van der Waals surface area contributed by atoms with Crippen molar-refractivity contribution < 1.29 is 19.4 Å². The van der Waals surface area contributed by atoms with Crippen LogP contribution in [0.25, 0.3) is 0 Å². The Hall–Kier alpha value is -3.12. The molecule has 0 spiro atoms. The van der Waals surface area contributed by atoms with E-state index in [9.17, 15) is 14.7 Å². The number of H-pyrrole nitrogens is 1. The van der Waals surface area contributed by atoms with Crippen molar-refractivity contribution in [2.24, 2.45) is 5.41 Å². The van der Waals surface area contributed by atoms with Crippen molar-refractivity contribution in [3.05, 3.63) is 82.8 Å². The monoisotopic (exact) mass is 440 g/mol. The average Bonchev–Trinajstić information content (AvgIpc) is 3.20. The summed E-state index contributed by atoms with van der Waals surface area (Å²) in [6, 6.07) is 16.5. The van der Waals surface area contributed by atoms with Crippen molar-refractivity contribution >= 4 is 23.5 Å². The molecule has 1 aromatic heterocycles. The lowest BCUT2D eigenvalue weighted by atomic mass is 9.77. The summed E-state index contributed by atoms with van der Waals surface area (Å²) in [4.78, 5) is 32.6. The number of carboxylic acids is 1. The maximum absolute atomic E-state index is 13.1. The molecule has 7 heteroatoms. The highest BCUT2D eigenvalue weighted by molar-refractivity contribution is 6.31. The average molecular weight is 441 g/mol. The van der Waals surface area contributed by atoms with Gasteiger partial charge in [0.1, 0.15) is 5.82 Å². The van der Waals surface area contributed by atoms with Crippen LogP contribution in [-0.2, 0) is 22.4 Å². The zero-order valence-corrected chi connectivity index (χ0v) is 18.1. The van der Waals surface area contributed by atoms with E-state index in [4.69, 9.17) is 16.3 Å². The number of aromatic nitrogens is 2. The fourth-order valence-electron chi connectivity index (χ4n) is 3.46. The number of hydrogen-bond donors (Lipinski definition) is 2. The molecule has 162 valence electrons. The van der Waals surface area contributed by atoms with Crippen molar-refractivity contribution in [3.8, 4) is 5.88 Å². The summed E-state index contributed by atoms with van der Waals surface area (Å²) in [5.74, 6) is -1.31. The normalized spacial score (nSPS) is 12.8. The van der Waals surface area contributed by atoms with Gasteiger partial charge >= 0.3 is 11.9 Å². The Bertz CT molecular complexity index is 1030. The second-order valence-electron chi connectivity index (χ2n) is 7.51. The Balaban J connectivity index is 1.80. The van der Waals surface area contributed by atoms with Gasteiger partial charge in [-0.2, -0.15) is 0 Å². The number of carbonyl (C=O) groups excluding carboxylic acids is 1. The second kappa shape index (κ2) is 10.3. The van der Waals surface area contributed by atoms with Crippen LogP contribution in [0.2, 0.25) is 5.02 Å². The summed E-state index contributed by atoms with van der Waals surface area (Å²) < 4.78 is 5.49. The SMILES string of the molecule is CCCCC(Cc1ccccc1)(C(=O)O)C(=O)Oc1cnc(Cc2ccccc2Cl)[nH]1. The minimum absolute atomic E-state index is 0.0582. The Kier molecular flexibility index (Phi) is 7.47. The van der Waals surface area contributed by atoms with Crippen molar-refractivity contribution in [2.75, 3.05) is 0 Å². The van der Waals surface area contributed by atoms with Gasteiger partial charge in [0.2, 0.25) is 5.88 Å². The largest absolute Gasteiger partial charge is 0.480 e. The maximum atomic E-state index is 13.1. The number of nitrogens with zero attached hydrogens (tertiary/aromatic N) is 1. The van der Waals surface area contributed by atoms with Gasteiger partial charge in [0.05, 0.1) is 6.20 Å². The summed E-state index contributed by atoms with van der Waals surface area (Å²) in [6.45, 7) is 1.95. The standard InChI is InChI=1S/C24H25ClN2O4/c1-2-3-13-24(22(28)29,15-17-9-5-4-6-10-17)23(30)31-21-16-26-20(27-21)14-18-11-7-8-12-19(18)25/h4-12,16H,2-3,13-15H2,1H3,(H,26,27)(H,28,29). The molecule has 31 heavy (non-hydrogen) atoms. The minimum atomic E-state index is -1.68. The molecule has 0 saturated heterocycles. The molecule has 3 aromatic rings. The lowest BCUT2D eigenvalue weighted by Gasteiger charge is -2.27. The van der Waals surface area contributed by atoms with E-state index in [1.165, 1.54) is 6.20 Å². The minimum Gasteiger partial charge on any atom is -0.480 e. The first-order valence-corrected chi connectivity index (χ1v) is 10.6. The van der Waals surface area contributed by atoms with Crippen molar-refractivity contribution in [3.63, 3.8) is 0 Å². The fraction of sp³-hybridized carbons (Fsp3) is 0.292. The smallest absolute Gasteiger partial charge is 0.330 e. The Morgan fingerprint density at radius 2 is 1.84 bits per heavy atom. The highest BCUT2D eigenvalue weighted by Gasteiger charge is 2.47. The molecule has 2 N–H and O–H groups in total. The van der Waals surface area contributed by atoms with Gasteiger partial charge in [0.15, 0.2) is 5.41 Å². The Labute approximate surface area is 186 Å². The summed E-state index contributed by atoms with van der Waals surface area (Å²) >= 11 is 6.19. The Morgan fingerprint density at radius 3 is 2.52 bits per heavy atom. The number of aliphatic carboxylic acids is 1. The highest BCUT2D eigenvalue weighted by atomic mass is 35.5. The summed E-state index contributed by atoms with van der Waals surface area (Å²) in [5.41, 5.74) is -0.0315. The van der Waals surface area contributed by atoms with E-state index in [2.05, 4.69) is 9.97 Å². The maximum Gasteiger partial charge on any atom is 0.330 e. The van der Waals surface area contributed by atoms with Crippen LogP contribution in [0.1, 0.15) is 43.1 Å². The summed E-state index contributed by atoms with van der Waals surface area (Å²) in [6.07, 6.45) is 3.42. The number of esters is 1. The van der Waals surface area contributed by atoms with Crippen LogP contribution >= 0.6 is 11.6 Å². The zero-order valence-electron chi connectivity index (χ0n) is 17.3. The van der Waals surface area contributed by atoms with Gasteiger partial charge < -0.3 is 14.8 Å². The first kappa shape index (κ1) is 22.6. The summed E-state index contributed by atoms with van der Waals surface area (Å²) in [5, 5.41) is 10.7. The van der Waals surface area contributed by atoms with Crippen LogP contribution in [-0.4, -0.2) is 27.0 Å². The number of hydrogen-bond acceptors (Lipinski definition) is 4. The predicted octanol–water partition coefficient (Wildman–Crippen LogP) is 5.06. The van der Waals surface area contributed by atoms with Crippen LogP contribution in [0.3, 0.4) is 0 Å². The van der Waals surface area contributed by atoms with Gasteiger partial charge in [0.25, 0.3) is 0 Å². The molecule has 1 unspecified atom stereocenters. The van der Waals surface area contributed by atoms with Crippen molar-refractivity contribution in [2.45, 2.75) is 39.0 Å². The van der Waals surface area contributed by atoms with Gasteiger partial charge in [-0.15, -0.1) is 0 Å². The lowest BCUT2D eigenvalue weighted by Crippen LogP contribution is -2.44. The molecule has 0 aliphatic carbocycles. The van der Waals surface area contributed by atoms with Gasteiger partial charge in [-0.25, -0.2) is 4.98 Å². The Morgan fingerprint density at radius 1 is 1.13 bits per heavy atom. The van der Waals surface area contributed by atoms with E-state index in [0.717, 1.165) is 17.5 Å². The first-order chi connectivity index (χ1) is 14.9. The number of imidazole rings is 1. The van der Waals surface area contributed by atoms with Crippen molar-refractivity contribution in [1.29, 1.82) is 0 Å². The van der Waals surface area contributed by atoms with E-state index < -0.39 is 17.4 Å². The van der Waals surface area contributed by atoms with E-state index in [1.807, 2.05) is 55.5 Å². The van der Waals surface area contributed by atoms with Gasteiger partial charge in [-0.1, -0.05) is 79.9 Å². The zero-order chi connectivity index (χ0) is 22.3. The van der Waals surface area contributed by atoms with Gasteiger partial charge in [-0.3, -0.25) is 9.59 Å². The number of halogens is 1. The fourth-order valence-corrected chi connectivity index (χ4v) is 3.66. The number of ether oxygens (including phenoxy) is 1. The van der Waals surface area contributed by atoms with Crippen LogP contribution in [0, 0.1) is 5.41 Å². The van der Waals surface area contributed by atoms with E-state index in [-0.39, 0.29) is 18.7 Å². The van der Waals surface area contributed by atoms with Crippen LogP contribution in [0.15, 0.2) is 60.8 Å². The first-order valence-electron chi connectivity index (χ1n) is 10.2. The molecule has 0 aliphatic rings. The van der Waals surface area contributed by atoms with E-state index in [1.54, 1.807) is 6.07 Å². The van der Waals surface area contributed by atoms with Crippen LogP contribution in [0.4, 0.5) is 0 Å². The molecular weight excluding hydrogens is 416 g/mol. The molecule has 3 rings (SSSR count). The topological polar surface area (TPSA) is 92.3 Å². The highest BCUT2D eigenvalue weighted by Crippen LogP contribution is 2.32. The summed E-state index contributed by atoms with van der Waals surface area (Å²) in [7, 11) is 0. The van der Waals surface area contributed by atoms with Gasteiger partial charge in [0, 0.05) is 11.4 Å². The number of unbranched alkanes of at least 4 members (excludes halogenated alkanes) is 1. The van der Waals surface area contributed by atoms with Crippen LogP contribution in [0.5, 0.6) is 5.88 Å². The molecule has 0 saturated carbocycles. The molecule has 0 aliphatic heterocycles. The molecule has 0 bridgehead atoms.